The second-order valence-electron chi connectivity index (χ2n) is 21.9. The molecule has 1 amide bonds. The van der Waals surface area contributed by atoms with Gasteiger partial charge in [-0.15, -0.1) is 0 Å². The molecule has 10 aromatic rings. The summed E-state index contributed by atoms with van der Waals surface area (Å²) < 4.78 is 40.0. The molecule has 0 bridgehead atoms. The fraction of sp³-hybridized carbons (Fsp3) is 0.300. The van der Waals surface area contributed by atoms with Crippen molar-refractivity contribution in [1.29, 1.82) is 10.5 Å². The number of hydrogen-bond acceptors (Lipinski definition) is 19. The van der Waals surface area contributed by atoms with E-state index in [1.54, 1.807) is 30.3 Å². The van der Waals surface area contributed by atoms with E-state index in [2.05, 4.69) is 87.1 Å². The number of nitrogens with one attached hydrogen (secondary N) is 1. The number of aromatic nitrogens is 8. The summed E-state index contributed by atoms with van der Waals surface area (Å²) >= 11 is 2.64. The van der Waals surface area contributed by atoms with Gasteiger partial charge in [-0.1, -0.05) is 46.8 Å². The van der Waals surface area contributed by atoms with Crippen LogP contribution < -0.4 is 24.9 Å². The van der Waals surface area contributed by atoms with Gasteiger partial charge in [0.25, 0.3) is 5.91 Å². The topological polar surface area (TPSA) is 243 Å². The van der Waals surface area contributed by atoms with Crippen LogP contribution in [0.25, 0.3) is 33.5 Å². The minimum atomic E-state index is -1.07. The van der Waals surface area contributed by atoms with Gasteiger partial charge in [-0.25, -0.2) is 32.6 Å². The molecule has 0 radical (unpaired) electrons. The molecule has 4 saturated heterocycles. The summed E-state index contributed by atoms with van der Waals surface area (Å²) in [4.78, 5) is 43.8. The molecule has 12 heterocycles. The average molecular weight is 1180 g/mol. The number of carboxylic acid groups (broad SMARTS) is 1. The summed E-state index contributed by atoms with van der Waals surface area (Å²) in [6.07, 6.45) is 4.12. The molecule has 0 atom stereocenters. The highest BCUT2D eigenvalue weighted by molar-refractivity contribution is 7.17. The van der Waals surface area contributed by atoms with Crippen LogP contribution in [0.4, 0.5) is 41.8 Å². The summed E-state index contributed by atoms with van der Waals surface area (Å²) in [5.41, 5.74) is 13.6. The molecule has 85 heavy (non-hydrogen) atoms. The Labute approximate surface area is 494 Å². The van der Waals surface area contributed by atoms with Crippen molar-refractivity contribution in [3.63, 3.8) is 0 Å². The Kier molecular flexibility index (Phi) is 14.6. The third-order valence-corrected chi connectivity index (χ3v) is 18.0. The predicted molar refractivity (Wildman–Crippen MR) is 317 cm³/mol. The van der Waals surface area contributed by atoms with Gasteiger partial charge in [0.1, 0.15) is 57.4 Å². The van der Waals surface area contributed by atoms with Crippen molar-refractivity contribution in [1.82, 2.24) is 49.7 Å². The number of nitriles is 2. The second-order valence-corrected chi connectivity index (χ2v) is 23.8. The number of amides is 1. The molecule has 0 unspecified atom stereocenters. The number of benzene rings is 2. The molecule has 0 saturated carbocycles. The smallest absolute Gasteiger partial charge is 0.358 e. The quantitative estimate of drug-likeness (QED) is 0.116. The molecule has 2 N–H and O–H groups in total. The first kappa shape index (κ1) is 55.9. The van der Waals surface area contributed by atoms with E-state index in [1.807, 2.05) is 44.7 Å². The van der Waals surface area contributed by atoms with Crippen LogP contribution in [0.5, 0.6) is 0 Å². The highest BCUT2D eigenvalue weighted by atomic mass is 32.1. The van der Waals surface area contributed by atoms with Crippen LogP contribution in [-0.4, -0.2) is 128 Å². The van der Waals surface area contributed by atoms with Gasteiger partial charge < -0.3 is 44.0 Å². The van der Waals surface area contributed by atoms with Gasteiger partial charge in [-0.05, 0) is 99.5 Å². The summed E-state index contributed by atoms with van der Waals surface area (Å²) in [5.74, 6) is -1.81. The molecular weight excluding hydrogens is 1130 g/mol. The van der Waals surface area contributed by atoms with E-state index in [4.69, 9.17) is 29.8 Å². The van der Waals surface area contributed by atoms with Crippen LogP contribution in [0.3, 0.4) is 0 Å². The fourth-order valence-corrected chi connectivity index (χ4v) is 13.3. The van der Waals surface area contributed by atoms with Crippen molar-refractivity contribution < 1.29 is 32.5 Å². The van der Waals surface area contributed by atoms with E-state index in [-0.39, 0.29) is 28.7 Å². The number of halogens is 2. The molecule has 0 aliphatic carbocycles. The summed E-state index contributed by atoms with van der Waals surface area (Å²) in [5, 5.41) is 49.3. The first-order valence-electron chi connectivity index (χ1n) is 27.4. The number of carboxylic acids is 1. The maximum absolute atomic E-state index is 13.5. The molecule has 4 fully saturated rings. The van der Waals surface area contributed by atoms with E-state index >= 15 is 0 Å². The van der Waals surface area contributed by atoms with Crippen LogP contribution in [0.2, 0.25) is 0 Å². The van der Waals surface area contributed by atoms with Crippen molar-refractivity contribution in [2.45, 2.75) is 40.5 Å². The van der Waals surface area contributed by atoms with Gasteiger partial charge in [0, 0.05) is 123 Å². The first-order valence-corrected chi connectivity index (χ1v) is 29.0. The maximum Gasteiger partial charge on any atom is 0.358 e. The number of rotatable bonds is 12. The molecule has 432 valence electrons. The number of pyridine rings is 2. The van der Waals surface area contributed by atoms with Crippen molar-refractivity contribution in [3.8, 4) is 34.7 Å². The maximum atomic E-state index is 13.5. The van der Waals surface area contributed by atoms with Crippen molar-refractivity contribution in [2.75, 3.05) is 86.1 Å². The van der Waals surface area contributed by atoms with Crippen LogP contribution in [0.15, 0.2) is 107 Å². The normalized spacial score (nSPS) is 15.2. The molecule has 4 aliphatic heterocycles. The zero-order chi connectivity index (χ0) is 59.5. The van der Waals surface area contributed by atoms with Gasteiger partial charge in [0.15, 0.2) is 21.7 Å². The summed E-state index contributed by atoms with van der Waals surface area (Å²) in [6, 6.07) is 28.3. The highest BCUT2D eigenvalue weighted by Crippen LogP contribution is 2.46. The van der Waals surface area contributed by atoms with Crippen molar-refractivity contribution >= 4 is 78.6 Å². The number of carbonyl (C=O) groups is 2. The molecule has 2 aromatic carbocycles. The van der Waals surface area contributed by atoms with E-state index in [9.17, 15) is 28.9 Å². The SMILES string of the molecule is CCc1nn2c(C)cc(N3CC4(CN(C(=O)c5ccon5)C4)C3)cc2c1N(C)c1nc(-c2ccc(F)cc2)c(C#N)s1.CCc1nn2c(C)cc(N3CC4(CNC4)C3)cc2c1N(C)c1nc(-c2ccc(F)cc2)c(C#N)s1.O=C(O)c1ccon1. The number of hydrogen-bond donors (Lipinski definition) is 2. The lowest BCUT2D eigenvalue weighted by Crippen LogP contribution is -2.73. The van der Waals surface area contributed by atoms with Gasteiger partial charge >= 0.3 is 5.97 Å². The number of fused-ring (bicyclic) bond motifs is 2. The Morgan fingerprint density at radius 3 is 1.46 bits per heavy atom. The predicted octanol–water partition coefficient (Wildman–Crippen LogP) is 9.95. The number of anilines is 6. The second kappa shape index (κ2) is 22.2. The van der Waals surface area contributed by atoms with Gasteiger partial charge in [0.05, 0.1) is 33.8 Å². The van der Waals surface area contributed by atoms with Crippen LogP contribution >= 0.6 is 22.7 Å². The van der Waals surface area contributed by atoms with Gasteiger partial charge in [-0.2, -0.15) is 20.7 Å². The van der Waals surface area contributed by atoms with Crippen molar-refractivity contribution in [2.24, 2.45) is 10.8 Å². The molecule has 25 heteroatoms. The Morgan fingerprint density at radius 1 is 0.659 bits per heavy atom. The number of nitrogens with zero attached hydrogens (tertiary/aromatic N) is 15. The molecule has 4 aliphatic rings. The van der Waals surface area contributed by atoms with Crippen LogP contribution in [0, 0.1) is 59.0 Å². The van der Waals surface area contributed by atoms with Crippen LogP contribution in [-0.2, 0) is 12.8 Å². The first-order chi connectivity index (χ1) is 41.0. The van der Waals surface area contributed by atoms with Crippen LogP contribution in [0.1, 0.15) is 67.4 Å². The minimum Gasteiger partial charge on any atom is -0.476 e. The molecule has 14 rings (SSSR count). The standard InChI is InChI=1S/C30H27FN8O2S.C26H26FN7S.C4H3NO3/c1-4-22-27(36(3)29-33-26(25(13-32)42-29)19-5-7-20(31)8-6-19)24-12-21(11-18(2)39(24)34-22)37-14-30(15-37)16-38(17-30)28(40)23-9-10-41-35-23;1-4-20-24(32(3)25-30-23(22(11-28)35-25)17-5-7-18(27)8-6-17)21-10-19(9-16(2)34(21)31-20)33-14-26(15-33)12-29-13-26;6-4(7)3-1-2-8-5-3/h5-12H,4,14-17H2,1-3H3;5-10,29H,4,12-15H2,1-3H3;1-2H,(H,6,7). The largest absolute Gasteiger partial charge is 0.476 e. The Hall–Kier alpha value is -9.56. The van der Waals surface area contributed by atoms with Crippen molar-refractivity contribution in [3.05, 3.63) is 153 Å². The lowest BCUT2D eigenvalue weighted by atomic mass is 9.72. The number of aromatic carboxylic acids is 1. The zero-order valence-electron chi connectivity index (χ0n) is 47.2. The van der Waals surface area contributed by atoms with E-state index in [1.165, 1.54) is 71.2 Å². The highest BCUT2D eigenvalue weighted by Gasteiger charge is 2.54. The Morgan fingerprint density at radius 2 is 1.09 bits per heavy atom. The molecule has 8 aromatic heterocycles. The monoisotopic (exact) mass is 1180 g/mol. The molecule has 21 nitrogen and oxygen atoms in total. The molecule has 2 spiro atoms. The molecular formula is C60H56F2N16O5S2. The Balaban J connectivity index is 0.000000149. The number of thiazole rings is 2. The van der Waals surface area contributed by atoms with Gasteiger partial charge in [-0.3, -0.25) is 4.79 Å². The van der Waals surface area contributed by atoms with Gasteiger partial charge in [0.2, 0.25) is 0 Å². The minimum absolute atomic E-state index is 0.0648. The lowest BCUT2D eigenvalue weighted by molar-refractivity contribution is -0.0111. The number of carbonyl (C=O) groups excluding carboxylic acids is 1. The number of likely N-dealkylation sites (tertiary alicyclic amines) is 1. The van der Waals surface area contributed by atoms with E-state index < -0.39 is 5.97 Å². The summed E-state index contributed by atoms with van der Waals surface area (Å²) in [7, 11) is 3.92. The third-order valence-electron chi connectivity index (χ3n) is 16.0. The number of aryl methyl sites for hydroxylation is 4. The fourth-order valence-electron chi connectivity index (χ4n) is 11.6. The average Bonchev–Trinajstić information content (AvgIpc) is 2.17. The zero-order valence-corrected chi connectivity index (χ0v) is 48.8. The third kappa shape index (κ3) is 10.3. The lowest BCUT2D eigenvalue weighted by Gasteiger charge is -2.60. The Bertz CT molecular complexity index is 4230. The van der Waals surface area contributed by atoms with E-state index in [0.717, 1.165) is 109 Å². The summed E-state index contributed by atoms with van der Waals surface area (Å²) in [6.45, 7) is 15.8. The van der Waals surface area contributed by atoms with E-state index in [0.29, 0.717) is 61.2 Å².